The number of benzene rings is 1. The molecule has 1 N–H and O–H groups in total. The Morgan fingerprint density at radius 1 is 1.36 bits per heavy atom. The third kappa shape index (κ3) is 5.52. The van der Waals surface area contributed by atoms with Gasteiger partial charge in [0.2, 0.25) is 0 Å². The molecule has 0 aliphatic carbocycles. The molecule has 0 saturated carbocycles. The predicted molar refractivity (Wildman–Crippen MR) is 98.0 cm³/mol. The molecule has 1 aliphatic rings. The van der Waals surface area contributed by atoms with E-state index in [2.05, 4.69) is 5.32 Å². The van der Waals surface area contributed by atoms with Crippen LogP contribution >= 0.6 is 35.0 Å². The first-order valence-corrected chi connectivity index (χ1v) is 9.38. The Kier molecular flexibility index (Phi) is 6.98. The fraction of sp³-hybridized carbons (Fsp3) is 0.438. The van der Waals surface area contributed by atoms with Crippen LogP contribution in [0.1, 0.15) is 25.5 Å². The van der Waals surface area contributed by atoms with Gasteiger partial charge in [-0.2, -0.15) is 0 Å². The second-order valence-corrected chi connectivity index (χ2v) is 7.45. The van der Waals surface area contributed by atoms with Crippen LogP contribution in [0, 0.1) is 0 Å². The normalized spacial score (nSPS) is 16.5. The Bertz CT molecular complexity index is 686. The SMILES string of the molecule is C[C@H](NC(=O)[C@@H](C)OC(=O)CN1CCSC1=O)c1ccc(Cl)cc1Cl. The number of ether oxygens (including phenoxy) is 1. The van der Waals surface area contributed by atoms with E-state index in [0.717, 1.165) is 11.8 Å². The Labute approximate surface area is 160 Å². The third-order valence-electron chi connectivity index (χ3n) is 3.63. The van der Waals surface area contributed by atoms with Crippen molar-refractivity contribution in [2.24, 2.45) is 0 Å². The van der Waals surface area contributed by atoms with Gasteiger partial charge in [-0.25, -0.2) is 0 Å². The quantitative estimate of drug-likeness (QED) is 0.736. The number of hydrogen-bond donors (Lipinski definition) is 1. The lowest BCUT2D eigenvalue weighted by molar-refractivity contribution is -0.155. The number of carbonyl (C=O) groups excluding carboxylic acids is 3. The number of esters is 1. The number of hydrogen-bond acceptors (Lipinski definition) is 5. The molecule has 2 amide bonds. The highest BCUT2D eigenvalue weighted by Crippen LogP contribution is 2.26. The second kappa shape index (κ2) is 8.78. The lowest BCUT2D eigenvalue weighted by Gasteiger charge is -2.20. The van der Waals surface area contributed by atoms with Crippen molar-refractivity contribution in [1.82, 2.24) is 10.2 Å². The summed E-state index contributed by atoms with van der Waals surface area (Å²) in [6.45, 7) is 3.60. The lowest BCUT2D eigenvalue weighted by atomic mass is 10.1. The summed E-state index contributed by atoms with van der Waals surface area (Å²) in [5, 5.41) is 3.53. The van der Waals surface area contributed by atoms with Gasteiger partial charge in [0.05, 0.1) is 6.04 Å². The largest absolute Gasteiger partial charge is 0.451 e. The molecule has 0 bridgehead atoms. The van der Waals surface area contributed by atoms with Gasteiger partial charge in [0.1, 0.15) is 6.54 Å². The Morgan fingerprint density at radius 3 is 2.68 bits per heavy atom. The molecular formula is C16H18Cl2N2O4S. The zero-order valence-corrected chi connectivity index (χ0v) is 16.1. The summed E-state index contributed by atoms with van der Waals surface area (Å²) in [6.07, 6.45) is -0.980. The van der Waals surface area contributed by atoms with Crippen molar-refractivity contribution < 1.29 is 19.1 Å². The van der Waals surface area contributed by atoms with Gasteiger partial charge in [-0.3, -0.25) is 14.4 Å². The van der Waals surface area contributed by atoms with Crippen molar-refractivity contribution in [2.45, 2.75) is 26.0 Å². The standard InChI is InChI=1S/C16H18Cl2N2O4S/c1-9(12-4-3-11(17)7-13(12)18)19-15(22)10(2)24-14(21)8-20-5-6-25-16(20)23/h3-4,7,9-10H,5-6,8H2,1-2H3,(H,19,22)/t9-,10+/m0/s1. The molecule has 1 heterocycles. The van der Waals surface area contributed by atoms with Crippen LogP contribution in [0.2, 0.25) is 10.0 Å². The van der Waals surface area contributed by atoms with Gasteiger partial charge in [-0.05, 0) is 31.5 Å². The summed E-state index contributed by atoms with van der Waals surface area (Å²) in [4.78, 5) is 36.9. The molecule has 0 spiro atoms. The molecule has 2 rings (SSSR count). The van der Waals surface area contributed by atoms with Crippen LogP contribution in [-0.2, 0) is 14.3 Å². The maximum atomic E-state index is 12.2. The van der Waals surface area contributed by atoms with E-state index in [1.807, 2.05) is 0 Å². The van der Waals surface area contributed by atoms with Crippen molar-refractivity contribution in [3.8, 4) is 0 Å². The highest BCUT2D eigenvalue weighted by molar-refractivity contribution is 8.13. The van der Waals surface area contributed by atoms with Gasteiger partial charge in [0.25, 0.3) is 11.1 Å². The van der Waals surface area contributed by atoms with Crippen LogP contribution < -0.4 is 5.32 Å². The van der Waals surface area contributed by atoms with Crippen LogP contribution in [0.25, 0.3) is 0 Å². The van der Waals surface area contributed by atoms with E-state index in [0.29, 0.717) is 27.9 Å². The fourth-order valence-electron chi connectivity index (χ4n) is 2.27. The molecule has 0 aromatic heterocycles. The number of thioether (sulfide) groups is 1. The lowest BCUT2D eigenvalue weighted by Crippen LogP contribution is -2.39. The first-order chi connectivity index (χ1) is 11.8. The molecule has 0 radical (unpaired) electrons. The first-order valence-electron chi connectivity index (χ1n) is 7.64. The molecule has 1 aromatic carbocycles. The summed E-state index contributed by atoms with van der Waals surface area (Å²) < 4.78 is 5.10. The van der Waals surface area contributed by atoms with Crippen molar-refractivity contribution in [3.05, 3.63) is 33.8 Å². The van der Waals surface area contributed by atoms with Crippen LogP contribution in [0.3, 0.4) is 0 Å². The van der Waals surface area contributed by atoms with Gasteiger partial charge < -0.3 is 15.0 Å². The third-order valence-corrected chi connectivity index (χ3v) is 5.08. The minimum Gasteiger partial charge on any atom is -0.451 e. The summed E-state index contributed by atoms with van der Waals surface area (Å²) >= 11 is 13.1. The number of amides is 2. The minimum atomic E-state index is -0.980. The highest BCUT2D eigenvalue weighted by Gasteiger charge is 2.26. The van der Waals surface area contributed by atoms with Gasteiger partial charge in [-0.15, -0.1) is 0 Å². The molecular weight excluding hydrogens is 387 g/mol. The van der Waals surface area contributed by atoms with E-state index < -0.39 is 18.0 Å². The molecule has 25 heavy (non-hydrogen) atoms. The zero-order chi connectivity index (χ0) is 18.6. The number of rotatable bonds is 6. The van der Waals surface area contributed by atoms with E-state index in [1.54, 1.807) is 25.1 Å². The Morgan fingerprint density at radius 2 is 2.08 bits per heavy atom. The summed E-state index contributed by atoms with van der Waals surface area (Å²) in [6, 6.07) is 4.62. The van der Waals surface area contributed by atoms with E-state index in [4.69, 9.17) is 27.9 Å². The summed E-state index contributed by atoms with van der Waals surface area (Å²) in [7, 11) is 0. The Balaban J connectivity index is 1.86. The first kappa shape index (κ1) is 19.9. The molecule has 1 fully saturated rings. The molecule has 9 heteroatoms. The predicted octanol–water partition coefficient (Wildman–Crippen LogP) is 3.27. The van der Waals surface area contributed by atoms with E-state index in [9.17, 15) is 14.4 Å². The smallest absolute Gasteiger partial charge is 0.326 e. The highest BCUT2D eigenvalue weighted by atomic mass is 35.5. The van der Waals surface area contributed by atoms with Crippen LogP contribution in [0.4, 0.5) is 4.79 Å². The average molecular weight is 405 g/mol. The minimum absolute atomic E-state index is 0.151. The van der Waals surface area contributed by atoms with Crippen LogP contribution in [0.5, 0.6) is 0 Å². The molecule has 2 atom stereocenters. The van der Waals surface area contributed by atoms with Gasteiger partial charge >= 0.3 is 5.97 Å². The monoisotopic (exact) mass is 404 g/mol. The summed E-state index contributed by atoms with van der Waals surface area (Å²) in [5.41, 5.74) is 0.706. The molecule has 0 unspecified atom stereocenters. The van der Waals surface area contributed by atoms with Crippen molar-refractivity contribution in [1.29, 1.82) is 0 Å². The second-order valence-electron chi connectivity index (χ2n) is 5.56. The van der Waals surface area contributed by atoms with E-state index in [-0.39, 0.29) is 17.8 Å². The van der Waals surface area contributed by atoms with Gasteiger partial charge in [0.15, 0.2) is 6.10 Å². The fourth-order valence-corrected chi connectivity index (χ4v) is 3.67. The van der Waals surface area contributed by atoms with E-state index in [1.165, 1.54) is 11.8 Å². The molecule has 136 valence electrons. The van der Waals surface area contributed by atoms with Gasteiger partial charge in [-0.1, -0.05) is 41.0 Å². The Hall–Kier alpha value is -1.44. The summed E-state index contributed by atoms with van der Waals surface area (Å²) in [5.74, 6) is -0.411. The van der Waals surface area contributed by atoms with Crippen LogP contribution in [-0.4, -0.2) is 47.0 Å². The van der Waals surface area contributed by atoms with Crippen molar-refractivity contribution >= 4 is 52.1 Å². The average Bonchev–Trinajstić information content (AvgIpc) is 2.91. The van der Waals surface area contributed by atoms with Crippen LogP contribution in [0.15, 0.2) is 18.2 Å². The van der Waals surface area contributed by atoms with E-state index >= 15 is 0 Å². The molecule has 1 aliphatic heterocycles. The number of carbonyl (C=O) groups is 3. The number of nitrogens with one attached hydrogen (secondary N) is 1. The number of halogens is 2. The maximum absolute atomic E-state index is 12.2. The van der Waals surface area contributed by atoms with Gasteiger partial charge in [0, 0.05) is 22.3 Å². The topological polar surface area (TPSA) is 75.7 Å². The van der Waals surface area contributed by atoms with Crippen molar-refractivity contribution in [2.75, 3.05) is 18.8 Å². The van der Waals surface area contributed by atoms with Crippen molar-refractivity contribution in [3.63, 3.8) is 0 Å². The zero-order valence-electron chi connectivity index (χ0n) is 13.8. The molecule has 6 nitrogen and oxygen atoms in total. The number of nitrogens with zero attached hydrogens (tertiary/aromatic N) is 1. The molecule has 1 aromatic rings. The molecule has 1 saturated heterocycles. The maximum Gasteiger partial charge on any atom is 0.326 e.